The molecule has 0 aliphatic rings. The zero-order valence-electron chi connectivity index (χ0n) is 6.07. The molecule has 10 heavy (non-hydrogen) atoms. The summed E-state index contributed by atoms with van der Waals surface area (Å²) in [5.74, 6) is -0.331. The molecule has 0 aliphatic heterocycles. The third kappa shape index (κ3) is 3.53. The van der Waals surface area contributed by atoms with E-state index in [-0.39, 0.29) is 11.5 Å². The molecule has 0 radical (unpaired) electrons. The minimum Gasteiger partial charge on any atom is -0.315 e. The van der Waals surface area contributed by atoms with Gasteiger partial charge in [-0.15, -0.1) is 0 Å². The molecule has 0 bridgehead atoms. The molecule has 0 heterocycles. The van der Waals surface area contributed by atoms with Crippen LogP contribution in [0.2, 0.25) is 0 Å². The standard InChI is InChI=1S/C6H11FN2S/c1-4-6(7)5(2)9-10-8-3/h4,8-9H,2H2,1,3H3/b6-4+. The molecule has 2 N–H and O–H groups in total. The second kappa shape index (κ2) is 5.32. The molecule has 4 heteroatoms. The van der Waals surface area contributed by atoms with Crippen LogP contribution in [0.5, 0.6) is 0 Å². The lowest BCUT2D eigenvalue weighted by Crippen LogP contribution is -2.08. The number of nitrogens with one attached hydrogen (secondary N) is 2. The van der Waals surface area contributed by atoms with E-state index < -0.39 is 0 Å². The van der Waals surface area contributed by atoms with Gasteiger partial charge < -0.3 is 4.72 Å². The Labute approximate surface area is 64.8 Å². The second-order valence-corrected chi connectivity index (χ2v) is 2.34. The molecule has 0 spiro atoms. The summed E-state index contributed by atoms with van der Waals surface area (Å²) in [6, 6.07) is 0. The average molecular weight is 162 g/mol. The molecular formula is C6H11FN2S. The smallest absolute Gasteiger partial charge is 0.142 e. The Kier molecular flexibility index (Phi) is 5.06. The lowest BCUT2D eigenvalue weighted by atomic mass is 10.4. The van der Waals surface area contributed by atoms with Crippen molar-refractivity contribution in [3.05, 3.63) is 24.2 Å². The van der Waals surface area contributed by atoms with Gasteiger partial charge in [0, 0.05) is 12.1 Å². The van der Waals surface area contributed by atoms with Crippen LogP contribution in [0.25, 0.3) is 0 Å². The Morgan fingerprint density at radius 2 is 2.30 bits per heavy atom. The second-order valence-electron chi connectivity index (χ2n) is 1.52. The number of hydrogen-bond acceptors (Lipinski definition) is 3. The molecule has 0 aromatic heterocycles. The van der Waals surface area contributed by atoms with E-state index in [0.29, 0.717) is 0 Å². The Morgan fingerprint density at radius 1 is 1.70 bits per heavy atom. The van der Waals surface area contributed by atoms with E-state index in [2.05, 4.69) is 16.0 Å². The molecule has 58 valence electrons. The van der Waals surface area contributed by atoms with Gasteiger partial charge in [-0.05, 0) is 20.0 Å². The van der Waals surface area contributed by atoms with E-state index in [1.54, 1.807) is 14.0 Å². The van der Waals surface area contributed by atoms with Gasteiger partial charge >= 0.3 is 0 Å². The lowest BCUT2D eigenvalue weighted by Gasteiger charge is -2.03. The molecule has 0 amide bonds. The molecule has 0 rings (SSSR count). The number of rotatable bonds is 4. The van der Waals surface area contributed by atoms with Gasteiger partial charge in [0.1, 0.15) is 5.83 Å². The average Bonchev–Trinajstić information content (AvgIpc) is 1.98. The summed E-state index contributed by atoms with van der Waals surface area (Å²) in [5.41, 5.74) is 0.279. The van der Waals surface area contributed by atoms with Crippen molar-refractivity contribution >= 4 is 12.1 Å². The Hall–Kier alpha value is -0.480. The van der Waals surface area contributed by atoms with Gasteiger partial charge in [0.15, 0.2) is 0 Å². The predicted octanol–water partition coefficient (Wildman–Crippen LogP) is 1.75. The van der Waals surface area contributed by atoms with Gasteiger partial charge in [-0.3, -0.25) is 0 Å². The zero-order valence-corrected chi connectivity index (χ0v) is 6.89. The van der Waals surface area contributed by atoms with Crippen molar-refractivity contribution in [2.24, 2.45) is 0 Å². The summed E-state index contributed by atoms with van der Waals surface area (Å²) >= 11 is 1.18. The number of halogens is 1. The molecule has 0 unspecified atom stereocenters. The molecule has 0 aromatic rings. The summed E-state index contributed by atoms with van der Waals surface area (Å²) in [7, 11) is 1.73. The fourth-order valence-electron chi connectivity index (χ4n) is 0.336. The van der Waals surface area contributed by atoms with Crippen LogP contribution in [0.15, 0.2) is 24.2 Å². The van der Waals surface area contributed by atoms with Crippen LogP contribution < -0.4 is 9.44 Å². The van der Waals surface area contributed by atoms with Gasteiger partial charge in [0.2, 0.25) is 0 Å². The summed E-state index contributed by atoms with van der Waals surface area (Å²) < 4.78 is 17.9. The highest BCUT2D eigenvalue weighted by Crippen LogP contribution is 2.06. The minimum atomic E-state index is -0.331. The van der Waals surface area contributed by atoms with Gasteiger partial charge in [-0.25, -0.2) is 9.11 Å². The summed E-state index contributed by atoms with van der Waals surface area (Å²) in [6.07, 6.45) is 1.35. The third-order valence-electron chi connectivity index (χ3n) is 0.818. The maximum atomic E-state index is 12.5. The molecule has 0 saturated carbocycles. The van der Waals surface area contributed by atoms with Crippen LogP contribution >= 0.6 is 12.1 Å². The lowest BCUT2D eigenvalue weighted by molar-refractivity contribution is 0.643. The molecule has 2 nitrogen and oxygen atoms in total. The van der Waals surface area contributed by atoms with E-state index in [9.17, 15) is 4.39 Å². The van der Waals surface area contributed by atoms with Crippen molar-refractivity contribution < 1.29 is 4.39 Å². The Morgan fingerprint density at radius 3 is 2.70 bits per heavy atom. The monoisotopic (exact) mass is 162 g/mol. The van der Waals surface area contributed by atoms with Crippen molar-refractivity contribution in [1.82, 2.24) is 9.44 Å². The molecule has 0 saturated heterocycles. The first-order valence-electron chi connectivity index (χ1n) is 2.82. The summed E-state index contributed by atoms with van der Waals surface area (Å²) in [4.78, 5) is 0. The normalized spacial score (nSPS) is 11.3. The highest BCUT2D eigenvalue weighted by Gasteiger charge is 1.96. The quantitative estimate of drug-likeness (QED) is 0.486. The molecule has 0 aromatic carbocycles. The SMILES string of the molecule is C=C(NSNC)/C(F)=C\C. The van der Waals surface area contributed by atoms with Crippen LogP contribution in [-0.4, -0.2) is 7.05 Å². The fraction of sp³-hybridized carbons (Fsp3) is 0.333. The fourth-order valence-corrected chi connectivity index (χ4v) is 0.658. The van der Waals surface area contributed by atoms with Crippen LogP contribution in [-0.2, 0) is 0 Å². The van der Waals surface area contributed by atoms with Crippen molar-refractivity contribution in [3.8, 4) is 0 Å². The highest BCUT2D eigenvalue weighted by atomic mass is 32.2. The molecular weight excluding hydrogens is 151 g/mol. The maximum Gasteiger partial charge on any atom is 0.142 e. The van der Waals surface area contributed by atoms with E-state index in [4.69, 9.17) is 0 Å². The van der Waals surface area contributed by atoms with Gasteiger partial charge in [-0.2, -0.15) is 0 Å². The maximum absolute atomic E-state index is 12.5. The Balaban J connectivity index is 3.63. The predicted molar refractivity (Wildman–Crippen MR) is 43.8 cm³/mol. The van der Waals surface area contributed by atoms with Crippen molar-refractivity contribution in [1.29, 1.82) is 0 Å². The zero-order chi connectivity index (χ0) is 7.98. The van der Waals surface area contributed by atoms with Crippen molar-refractivity contribution in [2.45, 2.75) is 6.92 Å². The Bertz CT molecular complexity index is 145. The van der Waals surface area contributed by atoms with Crippen molar-refractivity contribution in [2.75, 3.05) is 7.05 Å². The number of allylic oxidation sites excluding steroid dienone is 2. The molecule has 0 aliphatic carbocycles. The molecule has 0 fully saturated rings. The van der Waals surface area contributed by atoms with Crippen LogP contribution in [0.3, 0.4) is 0 Å². The largest absolute Gasteiger partial charge is 0.315 e. The third-order valence-corrected chi connectivity index (χ3v) is 1.37. The van der Waals surface area contributed by atoms with Crippen LogP contribution in [0, 0.1) is 0 Å². The summed E-state index contributed by atoms with van der Waals surface area (Å²) in [6.45, 7) is 5.07. The van der Waals surface area contributed by atoms with Crippen LogP contribution in [0.1, 0.15) is 6.92 Å². The highest BCUT2D eigenvalue weighted by molar-refractivity contribution is 7.95. The van der Waals surface area contributed by atoms with E-state index in [1.807, 2.05) is 0 Å². The van der Waals surface area contributed by atoms with Gasteiger partial charge in [-0.1, -0.05) is 6.58 Å². The van der Waals surface area contributed by atoms with Gasteiger partial charge in [0.25, 0.3) is 0 Å². The minimum absolute atomic E-state index is 0.279. The van der Waals surface area contributed by atoms with E-state index >= 15 is 0 Å². The number of hydrogen-bond donors (Lipinski definition) is 2. The van der Waals surface area contributed by atoms with Crippen LogP contribution in [0.4, 0.5) is 4.39 Å². The topological polar surface area (TPSA) is 24.1 Å². The first kappa shape index (κ1) is 9.52. The first-order valence-corrected chi connectivity index (χ1v) is 3.63. The van der Waals surface area contributed by atoms with Gasteiger partial charge in [0.05, 0.1) is 5.70 Å². The summed E-state index contributed by atoms with van der Waals surface area (Å²) in [5, 5.41) is 0. The van der Waals surface area contributed by atoms with E-state index in [0.717, 1.165) is 0 Å². The molecule has 0 atom stereocenters. The van der Waals surface area contributed by atoms with Crippen molar-refractivity contribution in [3.63, 3.8) is 0 Å². The van der Waals surface area contributed by atoms with E-state index in [1.165, 1.54) is 18.2 Å². The first-order chi connectivity index (χ1) is 4.72.